The summed E-state index contributed by atoms with van der Waals surface area (Å²) in [7, 11) is -0.815. The van der Waals surface area contributed by atoms with Gasteiger partial charge in [0.05, 0.1) is 12.5 Å². The molecule has 2 aliphatic heterocycles. The molecule has 1 unspecified atom stereocenters. The molecule has 0 saturated heterocycles. The van der Waals surface area contributed by atoms with Gasteiger partial charge in [-0.3, -0.25) is 4.55 Å². The van der Waals surface area contributed by atoms with Gasteiger partial charge in [0.1, 0.15) is 12.2 Å². The highest BCUT2D eigenvalue weighted by Gasteiger charge is 2.53. The monoisotopic (exact) mass is 367 g/mol. The Morgan fingerprint density at radius 3 is 2.92 bits per heavy atom. The van der Waals surface area contributed by atoms with Crippen molar-refractivity contribution in [1.29, 1.82) is 0 Å². The summed E-state index contributed by atoms with van der Waals surface area (Å²) < 4.78 is 47.5. The average Bonchev–Trinajstić information content (AvgIpc) is 2.79. The second-order valence-electron chi connectivity index (χ2n) is 6.92. The number of hydrogen-bond donors (Lipinski definition) is 1. The van der Waals surface area contributed by atoms with E-state index >= 15 is 0 Å². The number of rotatable bonds is 3. The van der Waals surface area contributed by atoms with Gasteiger partial charge in [0.25, 0.3) is 0 Å². The van der Waals surface area contributed by atoms with Crippen molar-refractivity contribution in [2.45, 2.75) is 37.0 Å². The standard InChI is InChI=1S/C17H21NO6S/c1-18-8-7-17-6-5-12(24-25(19,20)21)9-14(17)23-16-13(22-2)4-3-11(10-18)15(16)17/h3-6,12,14H,7-10H2,1-2H3,(H,19,20,21)/t12-,14-,17?/m0/s1. The van der Waals surface area contributed by atoms with Crippen molar-refractivity contribution in [3.63, 3.8) is 0 Å². The Balaban J connectivity index is 1.81. The van der Waals surface area contributed by atoms with Crippen molar-refractivity contribution in [3.8, 4) is 11.5 Å². The Hall–Kier alpha value is -1.61. The summed E-state index contributed by atoms with van der Waals surface area (Å²) in [4.78, 5) is 2.26. The van der Waals surface area contributed by atoms with E-state index in [4.69, 9.17) is 18.2 Å². The summed E-state index contributed by atoms with van der Waals surface area (Å²) in [6.45, 7) is 1.72. The molecule has 0 radical (unpaired) electrons. The Kier molecular flexibility index (Phi) is 3.84. The fourth-order valence-electron chi connectivity index (χ4n) is 4.29. The predicted octanol–water partition coefficient (Wildman–Crippen LogP) is 1.68. The molecule has 1 aromatic carbocycles. The largest absolute Gasteiger partial charge is 0.493 e. The lowest BCUT2D eigenvalue weighted by atomic mass is 9.69. The van der Waals surface area contributed by atoms with Crippen LogP contribution >= 0.6 is 0 Å². The molecular weight excluding hydrogens is 346 g/mol. The van der Waals surface area contributed by atoms with Gasteiger partial charge in [-0.05, 0) is 31.6 Å². The van der Waals surface area contributed by atoms with Crippen LogP contribution in [0.4, 0.5) is 0 Å². The molecule has 1 N–H and O–H groups in total. The Morgan fingerprint density at radius 1 is 1.40 bits per heavy atom. The first-order valence-electron chi connectivity index (χ1n) is 8.23. The molecule has 3 aliphatic rings. The fraction of sp³-hybridized carbons (Fsp3) is 0.529. The summed E-state index contributed by atoms with van der Waals surface area (Å²) in [5.41, 5.74) is 1.99. The van der Waals surface area contributed by atoms with Crippen molar-refractivity contribution < 1.29 is 26.6 Å². The zero-order valence-electron chi connectivity index (χ0n) is 14.1. The summed E-state index contributed by atoms with van der Waals surface area (Å²) in [6.07, 6.45) is 3.91. The van der Waals surface area contributed by atoms with Crippen LogP contribution in [-0.4, -0.2) is 50.8 Å². The third kappa shape index (κ3) is 2.73. The summed E-state index contributed by atoms with van der Waals surface area (Å²) in [6, 6.07) is 3.98. The minimum Gasteiger partial charge on any atom is -0.493 e. The fourth-order valence-corrected chi connectivity index (χ4v) is 4.75. The molecule has 0 saturated carbocycles. The maximum absolute atomic E-state index is 11.1. The molecule has 0 aromatic heterocycles. The number of ether oxygens (including phenoxy) is 2. The first kappa shape index (κ1) is 16.8. The van der Waals surface area contributed by atoms with Crippen molar-refractivity contribution in [2.24, 2.45) is 0 Å². The van der Waals surface area contributed by atoms with E-state index in [-0.39, 0.29) is 11.5 Å². The van der Waals surface area contributed by atoms with Gasteiger partial charge < -0.3 is 14.4 Å². The Labute approximate surface area is 147 Å². The van der Waals surface area contributed by atoms with Gasteiger partial charge in [-0.25, -0.2) is 4.18 Å². The van der Waals surface area contributed by atoms with E-state index in [1.54, 1.807) is 13.2 Å². The lowest BCUT2D eigenvalue weighted by molar-refractivity contribution is 0.0890. The molecule has 0 bridgehead atoms. The second kappa shape index (κ2) is 5.70. The highest BCUT2D eigenvalue weighted by atomic mass is 32.3. The van der Waals surface area contributed by atoms with Crippen LogP contribution in [0.15, 0.2) is 24.3 Å². The highest BCUT2D eigenvalue weighted by molar-refractivity contribution is 7.80. The van der Waals surface area contributed by atoms with Crippen molar-refractivity contribution in [3.05, 3.63) is 35.4 Å². The summed E-state index contributed by atoms with van der Waals surface area (Å²) >= 11 is 0. The van der Waals surface area contributed by atoms with E-state index in [9.17, 15) is 8.42 Å². The lowest BCUT2D eigenvalue weighted by Crippen LogP contribution is -2.43. The van der Waals surface area contributed by atoms with E-state index in [2.05, 4.69) is 18.0 Å². The molecule has 0 amide bonds. The zero-order valence-corrected chi connectivity index (χ0v) is 15.0. The number of methoxy groups -OCH3 is 1. The lowest BCUT2D eigenvalue weighted by Gasteiger charge is -2.36. The normalized spacial score (nSPS) is 31.0. The molecule has 136 valence electrons. The van der Waals surface area contributed by atoms with Crippen LogP contribution in [0.3, 0.4) is 0 Å². The smallest absolute Gasteiger partial charge is 0.397 e. The van der Waals surface area contributed by atoms with Crippen molar-refractivity contribution in [2.75, 3.05) is 20.7 Å². The van der Waals surface area contributed by atoms with Gasteiger partial charge in [0.2, 0.25) is 0 Å². The SMILES string of the molecule is COc1ccc2c3c1O[C@H]1C[C@@H](OS(=O)(=O)O)C=CC31CCN(C)C2. The molecule has 25 heavy (non-hydrogen) atoms. The van der Waals surface area contributed by atoms with E-state index in [1.165, 1.54) is 5.56 Å². The van der Waals surface area contributed by atoms with Gasteiger partial charge in [0, 0.05) is 18.5 Å². The molecule has 7 nitrogen and oxygen atoms in total. The van der Waals surface area contributed by atoms with Crippen LogP contribution in [0.2, 0.25) is 0 Å². The van der Waals surface area contributed by atoms with E-state index in [0.29, 0.717) is 12.2 Å². The van der Waals surface area contributed by atoms with Crippen LogP contribution in [-0.2, 0) is 26.5 Å². The molecule has 0 fully saturated rings. The average molecular weight is 367 g/mol. The molecule has 8 heteroatoms. The minimum atomic E-state index is -4.51. The maximum atomic E-state index is 11.1. The van der Waals surface area contributed by atoms with Crippen LogP contribution in [0.5, 0.6) is 11.5 Å². The van der Waals surface area contributed by atoms with Crippen LogP contribution in [0, 0.1) is 0 Å². The van der Waals surface area contributed by atoms with Crippen LogP contribution in [0.1, 0.15) is 24.0 Å². The molecule has 1 spiro atoms. The third-order valence-corrected chi connectivity index (χ3v) is 5.87. The van der Waals surface area contributed by atoms with E-state index < -0.39 is 16.5 Å². The van der Waals surface area contributed by atoms with Crippen molar-refractivity contribution >= 4 is 10.4 Å². The zero-order chi connectivity index (χ0) is 17.8. The Morgan fingerprint density at radius 2 is 2.20 bits per heavy atom. The first-order chi connectivity index (χ1) is 11.8. The number of hydrogen-bond acceptors (Lipinski definition) is 6. The molecule has 3 atom stereocenters. The second-order valence-corrected chi connectivity index (χ2v) is 7.97. The van der Waals surface area contributed by atoms with Gasteiger partial charge in [0.15, 0.2) is 11.5 Å². The molecule has 1 aromatic rings. The summed E-state index contributed by atoms with van der Waals surface area (Å²) in [5, 5.41) is 0. The highest BCUT2D eigenvalue weighted by Crippen LogP contribution is 2.55. The first-order valence-corrected chi connectivity index (χ1v) is 9.59. The van der Waals surface area contributed by atoms with E-state index in [1.807, 2.05) is 12.1 Å². The molecular formula is C17H21NO6S. The van der Waals surface area contributed by atoms with Gasteiger partial charge in [-0.1, -0.05) is 18.2 Å². The minimum absolute atomic E-state index is 0.263. The Bertz CT molecular complexity index is 836. The molecule has 1 aliphatic carbocycles. The van der Waals surface area contributed by atoms with E-state index in [0.717, 1.165) is 30.8 Å². The number of benzene rings is 1. The summed E-state index contributed by atoms with van der Waals surface area (Å²) in [5.74, 6) is 1.41. The number of nitrogens with zero attached hydrogens (tertiary/aromatic N) is 1. The molecule has 4 rings (SSSR count). The maximum Gasteiger partial charge on any atom is 0.397 e. The molecule has 2 heterocycles. The topological polar surface area (TPSA) is 85.3 Å². The third-order valence-electron chi connectivity index (χ3n) is 5.38. The quantitative estimate of drug-likeness (QED) is 0.642. The van der Waals surface area contributed by atoms with Gasteiger partial charge in [-0.2, -0.15) is 8.42 Å². The predicted molar refractivity (Wildman–Crippen MR) is 90.2 cm³/mol. The van der Waals surface area contributed by atoms with Crippen LogP contribution < -0.4 is 9.47 Å². The van der Waals surface area contributed by atoms with Gasteiger partial charge in [-0.15, -0.1) is 0 Å². The van der Waals surface area contributed by atoms with Crippen LogP contribution in [0.25, 0.3) is 0 Å². The van der Waals surface area contributed by atoms with Crippen molar-refractivity contribution in [1.82, 2.24) is 4.90 Å². The van der Waals surface area contributed by atoms with Gasteiger partial charge >= 0.3 is 10.4 Å².